The minimum absolute atomic E-state index is 0.0358. The van der Waals surface area contributed by atoms with E-state index in [0.29, 0.717) is 22.5 Å². The Morgan fingerprint density at radius 3 is 2.87 bits per heavy atom. The minimum Gasteiger partial charge on any atom is -0.408 e. The molecule has 0 N–H and O–H groups in total. The van der Waals surface area contributed by atoms with Crippen molar-refractivity contribution >= 4 is 38.4 Å². The highest BCUT2D eigenvalue weighted by Gasteiger charge is 2.33. The average molecular weight is 359 g/mol. The van der Waals surface area contributed by atoms with Gasteiger partial charge in [-0.25, -0.2) is 13.2 Å². The molecule has 1 aliphatic heterocycles. The van der Waals surface area contributed by atoms with E-state index in [1.165, 1.54) is 15.5 Å². The molecule has 0 spiro atoms. The fraction of sp³-hybridized carbons (Fsp3) is 0.429. The number of nitrogens with zero attached hydrogens (tertiary/aromatic N) is 2. The van der Waals surface area contributed by atoms with Gasteiger partial charge in [-0.15, -0.1) is 0 Å². The van der Waals surface area contributed by atoms with Crippen molar-refractivity contribution in [3.63, 3.8) is 0 Å². The Kier molecular flexibility index (Phi) is 3.97. The molecular weight excluding hydrogens is 344 g/mol. The minimum atomic E-state index is -3.08. The van der Waals surface area contributed by atoms with Crippen molar-refractivity contribution in [1.29, 1.82) is 0 Å². The number of amides is 1. The van der Waals surface area contributed by atoms with Gasteiger partial charge in [0.1, 0.15) is 6.54 Å². The zero-order valence-electron chi connectivity index (χ0n) is 12.4. The Balaban J connectivity index is 1.83. The van der Waals surface area contributed by atoms with E-state index in [-0.39, 0.29) is 30.0 Å². The number of carbonyl (C=O) groups excluding carboxylic acids is 1. The van der Waals surface area contributed by atoms with Gasteiger partial charge in [0.25, 0.3) is 0 Å². The van der Waals surface area contributed by atoms with Crippen molar-refractivity contribution in [2.45, 2.75) is 19.0 Å². The number of hydrogen-bond donors (Lipinski definition) is 0. The van der Waals surface area contributed by atoms with Gasteiger partial charge in [-0.3, -0.25) is 9.36 Å². The lowest BCUT2D eigenvalue weighted by Gasteiger charge is -2.23. The average Bonchev–Trinajstić information content (AvgIpc) is 2.98. The molecule has 1 amide bonds. The van der Waals surface area contributed by atoms with E-state index in [2.05, 4.69) is 0 Å². The Hall–Kier alpha value is -1.80. The summed E-state index contributed by atoms with van der Waals surface area (Å²) in [6, 6.07) is 4.37. The van der Waals surface area contributed by atoms with Crippen LogP contribution in [0.5, 0.6) is 0 Å². The van der Waals surface area contributed by atoms with Crippen molar-refractivity contribution in [2.24, 2.45) is 0 Å². The Morgan fingerprint density at radius 1 is 1.48 bits per heavy atom. The summed E-state index contributed by atoms with van der Waals surface area (Å²) in [5.74, 6) is -0.941. The number of sulfone groups is 1. The maximum Gasteiger partial charge on any atom is 0.420 e. The van der Waals surface area contributed by atoms with Gasteiger partial charge in [0.2, 0.25) is 5.91 Å². The van der Waals surface area contributed by atoms with E-state index in [0.717, 1.165) is 0 Å². The van der Waals surface area contributed by atoms with Crippen LogP contribution in [-0.4, -0.2) is 48.4 Å². The highest BCUT2D eigenvalue weighted by molar-refractivity contribution is 7.91. The van der Waals surface area contributed by atoms with Crippen LogP contribution in [0, 0.1) is 0 Å². The molecule has 0 radical (unpaired) electrons. The van der Waals surface area contributed by atoms with Gasteiger partial charge in [0, 0.05) is 24.2 Å². The fourth-order valence-electron chi connectivity index (χ4n) is 2.72. The molecule has 0 bridgehead atoms. The maximum absolute atomic E-state index is 12.4. The highest BCUT2D eigenvalue weighted by atomic mass is 35.5. The van der Waals surface area contributed by atoms with E-state index in [4.69, 9.17) is 16.0 Å². The molecule has 1 atom stereocenters. The zero-order chi connectivity index (χ0) is 16.8. The molecule has 3 rings (SSSR count). The van der Waals surface area contributed by atoms with Crippen molar-refractivity contribution in [3.05, 3.63) is 33.8 Å². The van der Waals surface area contributed by atoms with Crippen LogP contribution in [0.4, 0.5) is 0 Å². The summed E-state index contributed by atoms with van der Waals surface area (Å²) >= 11 is 5.85. The molecule has 1 fully saturated rings. The van der Waals surface area contributed by atoms with E-state index in [9.17, 15) is 18.0 Å². The van der Waals surface area contributed by atoms with Crippen LogP contribution in [0.1, 0.15) is 6.42 Å². The molecule has 1 saturated heterocycles. The first kappa shape index (κ1) is 16.1. The van der Waals surface area contributed by atoms with Gasteiger partial charge in [-0.05, 0) is 18.6 Å². The van der Waals surface area contributed by atoms with Gasteiger partial charge in [0.05, 0.1) is 17.0 Å². The molecule has 23 heavy (non-hydrogen) atoms. The summed E-state index contributed by atoms with van der Waals surface area (Å²) in [7, 11) is -1.53. The van der Waals surface area contributed by atoms with Crippen molar-refractivity contribution in [3.8, 4) is 0 Å². The van der Waals surface area contributed by atoms with E-state index in [1.54, 1.807) is 19.2 Å². The van der Waals surface area contributed by atoms with Gasteiger partial charge in [-0.1, -0.05) is 11.6 Å². The summed E-state index contributed by atoms with van der Waals surface area (Å²) < 4.78 is 29.3. The second-order valence-electron chi connectivity index (χ2n) is 5.63. The number of hydrogen-bond acceptors (Lipinski definition) is 5. The van der Waals surface area contributed by atoms with E-state index in [1.807, 2.05) is 0 Å². The van der Waals surface area contributed by atoms with Crippen LogP contribution in [-0.2, 0) is 21.2 Å². The van der Waals surface area contributed by atoms with Crippen molar-refractivity contribution in [1.82, 2.24) is 9.47 Å². The van der Waals surface area contributed by atoms with Crippen LogP contribution in [0.25, 0.3) is 11.1 Å². The summed E-state index contributed by atoms with van der Waals surface area (Å²) in [5.41, 5.74) is 0.779. The molecule has 2 heterocycles. The molecule has 0 saturated carbocycles. The first-order valence-corrected chi connectivity index (χ1v) is 9.22. The van der Waals surface area contributed by atoms with Crippen LogP contribution in [0.3, 0.4) is 0 Å². The number of oxazole rings is 1. The molecule has 9 heteroatoms. The van der Waals surface area contributed by atoms with Crippen LogP contribution >= 0.6 is 11.6 Å². The van der Waals surface area contributed by atoms with Crippen molar-refractivity contribution in [2.75, 3.05) is 18.6 Å². The first-order chi connectivity index (χ1) is 10.8. The third-order valence-electron chi connectivity index (χ3n) is 4.07. The quantitative estimate of drug-likeness (QED) is 0.813. The molecule has 1 aromatic carbocycles. The molecule has 1 aliphatic rings. The summed E-state index contributed by atoms with van der Waals surface area (Å²) in [4.78, 5) is 25.7. The van der Waals surface area contributed by atoms with Gasteiger partial charge in [0.15, 0.2) is 15.4 Å². The number of rotatable bonds is 3. The largest absolute Gasteiger partial charge is 0.420 e. The number of carbonyl (C=O) groups is 1. The lowest BCUT2D eigenvalue weighted by atomic mass is 10.2. The van der Waals surface area contributed by atoms with Crippen LogP contribution in [0.15, 0.2) is 27.4 Å². The molecule has 124 valence electrons. The third-order valence-corrected chi connectivity index (χ3v) is 6.06. The molecule has 2 aromatic rings. The molecular formula is C14H15ClN2O5S. The SMILES string of the molecule is CN(C(=O)Cn1c(=O)oc2cc(Cl)ccc21)[C@@H]1CCS(=O)(=O)C1. The van der Waals surface area contributed by atoms with Gasteiger partial charge in [-0.2, -0.15) is 0 Å². The predicted octanol–water partition coefficient (Wildman–Crippen LogP) is 0.893. The molecule has 0 unspecified atom stereocenters. The van der Waals surface area contributed by atoms with Gasteiger partial charge >= 0.3 is 5.76 Å². The molecule has 7 nitrogen and oxygen atoms in total. The van der Waals surface area contributed by atoms with E-state index >= 15 is 0 Å². The fourth-order valence-corrected chi connectivity index (χ4v) is 4.66. The number of benzene rings is 1. The molecule has 0 aliphatic carbocycles. The van der Waals surface area contributed by atoms with Crippen LogP contribution in [0.2, 0.25) is 5.02 Å². The smallest absolute Gasteiger partial charge is 0.408 e. The number of aromatic nitrogens is 1. The normalized spacial score (nSPS) is 20.0. The molecule has 1 aromatic heterocycles. The highest BCUT2D eigenvalue weighted by Crippen LogP contribution is 2.20. The van der Waals surface area contributed by atoms with Crippen LogP contribution < -0.4 is 5.76 Å². The topological polar surface area (TPSA) is 89.6 Å². The second kappa shape index (κ2) is 5.68. The van der Waals surface area contributed by atoms with Crippen molar-refractivity contribution < 1.29 is 17.6 Å². The number of fused-ring (bicyclic) bond motifs is 1. The summed E-state index contributed by atoms with van der Waals surface area (Å²) in [6.45, 7) is -0.208. The van der Waals surface area contributed by atoms with E-state index < -0.39 is 15.6 Å². The standard InChI is InChI=1S/C14H15ClN2O5S/c1-16(10-4-5-23(20,21)8-10)13(18)7-17-11-3-2-9(15)6-12(11)22-14(17)19/h2-3,6,10H,4-5,7-8H2,1H3/t10-/m1/s1. The number of halogens is 1. The zero-order valence-corrected chi connectivity index (χ0v) is 13.9. The second-order valence-corrected chi connectivity index (χ2v) is 8.29. The maximum atomic E-state index is 12.4. The first-order valence-electron chi connectivity index (χ1n) is 7.02. The predicted molar refractivity (Wildman–Crippen MR) is 85.3 cm³/mol. The number of likely N-dealkylation sites (N-methyl/N-ethyl adjacent to an activating group) is 1. The lowest BCUT2D eigenvalue weighted by Crippen LogP contribution is -2.40. The Labute approximate surface area is 137 Å². The monoisotopic (exact) mass is 358 g/mol. The Bertz CT molecular complexity index is 930. The third kappa shape index (κ3) is 3.13. The lowest BCUT2D eigenvalue weighted by molar-refractivity contribution is -0.132. The summed E-state index contributed by atoms with van der Waals surface area (Å²) in [5, 5.41) is 0.429. The van der Waals surface area contributed by atoms with Gasteiger partial charge < -0.3 is 9.32 Å². The summed E-state index contributed by atoms with van der Waals surface area (Å²) in [6.07, 6.45) is 0.418. The Morgan fingerprint density at radius 2 is 2.22 bits per heavy atom.